The number of rotatable bonds is 7. The molecule has 0 spiro atoms. The summed E-state index contributed by atoms with van der Waals surface area (Å²) in [6.07, 6.45) is 2.36. The zero-order valence-corrected chi connectivity index (χ0v) is 9.30. The van der Waals surface area contributed by atoms with Crippen molar-refractivity contribution in [2.45, 2.75) is 6.42 Å². The Kier molecular flexibility index (Phi) is 5.03. The van der Waals surface area contributed by atoms with Crippen molar-refractivity contribution in [3.8, 4) is 0 Å². The molecule has 0 aliphatic heterocycles. The molecule has 0 fully saturated rings. The number of carbonyl (C=O) groups excluding carboxylic acids is 1. The first-order valence-electron chi connectivity index (χ1n) is 5.11. The number of nitro benzene ring substituents is 1. The fourth-order valence-electron chi connectivity index (χ4n) is 1.21. The number of ether oxygens (including phenoxy) is 1. The monoisotopic (exact) mass is 235 g/mol. The van der Waals surface area contributed by atoms with Crippen LogP contribution >= 0.6 is 0 Å². The molecule has 0 aliphatic rings. The second-order valence-electron chi connectivity index (χ2n) is 3.36. The summed E-state index contributed by atoms with van der Waals surface area (Å²) in [6, 6.07) is 5.61. The van der Waals surface area contributed by atoms with E-state index in [-0.39, 0.29) is 23.6 Å². The van der Waals surface area contributed by atoms with Gasteiger partial charge in [-0.3, -0.25) is 14.9 Å². The molecule has 0 saturated carbocycles. The van der Waals surface area contributed by atoms with Gasteiger partial charge in [0.2, 0.25) is 0 Å². The minimum atomic E-state index is -0.532. The van der Waals surface area contributed by atoms with Crippen molar-refractivity contribution >= 4 is 11.5 Å². The first-order chi connectivity index (χ1) is 8.15. The number of nitrogens with zero attached hydrogens (tertiary/aromatic N) is 1. The van der Waals surface area contributed by atoms with Gasteiger partial charge in [-0.15, -0.1) is 6.58 Å². The Bertz CT molecular complexity index is 428. The molecule has 0 saturated heterocycles. The Balaban J connectivity index is 2.59. The van der Waals surface area contributed by atoms with Crippen molar-refractivity contribution in [1.29, 1.82) is 0 Å². The van der Waals surface area contributed by atoms with Crippen molar-refractivity contribution in [2.24, 2.45) is 0 Å². The van der Waals surface area contributed by atoms with E-state index in [2.05, 4.69) is 6.58 Å². The van der Waals surface area contributed by atoms with Gasteiger partial charge in [-0.2, -0.15) is 0 Å². The summed E-state index contributed by atoms with van der Waals surface area (Å²) in [6.45, 7) is 3.87. The lowest BCUT2D eigenvalue weighted by molar-refractivity contribution is -0.384. The highest BCUT2D eigenvalue weighted by atomic mass is 16.6. The van der Waals surface area contributed by atoms with Crippen LogP contribution in [0.5, 0.6) is 0 Å². The Morgan fingerprint density at radius 1 is 1.53 bits per heavy atom. The molecule has 90 valence electrons. The molecular weight excluding hydrogens is 222 g/mol. The SMILES string of the molecule is C=CCCOCC(=O)c1cccc([N+](=O)[O-])c1. The van der Waals surface area contributed by atoms with Crippen molar-refractivity contribution in [2.75, 3.05) is 13.2 Å². The smallest absolute Gasteiger partial charge is 0.270 e. The Labute approximate surface area is 98.9 Å². The second-order valence-corrected chi connectivity index (χ2v) is 3.36. The molecule has 0 heterocycles. The average molecular weight is 235 g/mol. The molecule has 5 nitrogen and oxygen atoms in total. The normalized spacial score (nSPS) is 9.88. The number of hydrogen-bond donors (Lipinski definition) is 0. The average Bonchev–Trinajstić information content (AvgIpc) is 2.34. The van der Waals surface area contributed by atoms with E-state index in [1.807, 2.05) is 0 Å². The summed E-state index contributed by atoms with van der Waals surface area (Å²) < 4.78 is 5.10. The quantitative estimate of drug-likeness (QED) is 0.239. The van der Waals surface area contributed by atoms with E-state index in [0.717, 1.165) is 0 Å². The zero-order valence-electron chi connectivity index (χ0n) is 9.30. The van der Waals surface area contributed by atoms with Gasteiger partial charge in [0.05, 0.1) is 11.5 Å². The van der Waals surface area contributed by atoms with Crippen LogP contribution in [0.3, 0.4) is 0 Å². The van der Waals surface area contributed by atoms with Crippen LogP contribution in [-0.2, 0) is 4.74 Å². The predicted molar refractivity (Wildman–Crippen MR) is 63.1 cm³/mol. The summed E-state index contributed by atoms with van der Waals surface area (Å²) in [5.74, 6) is -0.266. The summed E-state index contributed by atoms with van der Waals surface area (Å²) in [4.78, 5) is 21.6. The van der Waals surface area contributed by atoms with Crippen LogP contribution in [0.4, 0.5) is 5.69 Å². The van der Waals surface area contributed by atoms with Crippen LogP contribution in [0.1, 0.15) is 16.8 Å². The molecular formula is C12H13NO4. The maximum Gasteiger partial charge on any atom is 0.270 e. The summed E-state index contributed by atoms with van der Waals surface area (Å²) >= 11 is 0. The van der Waals surface area contributed by atoms with E-state index in [1.54, 1.807) is 6.08 Å². The highest BCUT2D eigenvalue weighted by Gasteiger charge is 2.11. The van der Waals surface area contributed by atoms with Gasteiger partial charge in [0, 0.05) is 17.7 Å². The molecule has 0 aromatic heterocycles. The fourth-order valence-corrected chi connectivity index (χ4v) is 1.21. The topological polar surface area (TPSA) is 69.4 Å². The molecule has 0 atom stereocenters. The molecule has 0 aliphatic carbocycles. The van der Waals surface area contributed by atoms with Crippen LogP contribution in [-0.4, -0.2) is 23.9 Å². The van der Waals surface area contributed by atoms with Gasteiger partial charge < -0.3 is 4.74 Å². The third-order valence-electron chi connectivity index (χ3n) is 2.08. The van der Waals surface area contributed by atoms with Gasteiger partial charge in [0.25, 0.3) is 5.69 Å². The number of ketones is 1. The fraction of sp³-hybridized carbons (Fsp3) is 0.250. The maximum atomic E-state index is 11.6. The van der Waals surface area contributed by atoms with Crippen LogP contribution < -0.4 is 0 Å². The van der Waals surface area contributed by atoms with Crippen LogP contribution in [0.2, 0.25) is 0 Å². The number of benzene rings is 1. The molecule has 1 aromatic carbocycles. The molecule has 0 radical (unpaired) electrons. The van der Waals surface area contributed by atoms with E-state index in [0.29, 0.717) is 13.0 Å². The van der Waals surface area contributed by atoms with E-state index in [9.17, 15) is 14.9 Å². The molecule has 5 heteroatoms. The van der Waals surface area contributed by atoms with Crippen LogP contribution in [0, 0.1) is 10.1 Å². The molecule has 0 bridgehead atoms. The standard InChI is InChI=1S/C12H13NO4/c1-2-3-7-17-9-12(14)10-5-4-6-11(8-10)13(15)16/h2,4-6,8H,1,3,7,9H2. The van der Waals surface area contributed by atoms with E-state index in [1.165, 1.54) is 24.3 Å². The first kappa shape index (κ1) is 13.1. The van der Waals surface area contributed by atoms with Crippen molar-refractivity contribution in [3.05, 3.63) is 52.6 Å². The lowest BCUT2D eigenvalue weighted by atomic mass is 10.1. The molecule has 0 unspecified atom stereocenters. The first-order valence-corrected chi connectivity index (χ1v) is 5.11. The minimum absolute atomic E-state index is 0.0744. The minimum Gasteiger partial charge on any atom is -0.373 e. The third kappa shape index (κ3) is 4.16. The third-order valence-corrected chi connectivity index (χ3v) is 2.08. The van der Waals surface area contributed by atoms with Crippen molar-refractivity contribution in [3.63, 3.8) is 0 Å². The summed E-state index contributed by atoms with van der Waals surface area (Å²) in [5, 5.41) is 10.5. The molecule has 1 aromatic rings. The van der Waals surface area contributed by atoms with Crippen LogP contribution in [0.15, 0.2) is 36.9 Å². The van der Waals surface area contributed by atoms with Gasteiger partial charge in [-0.25, -0.2) is 0 Å². The molecule has 1 rings (SSSR count). The lowest BCUT2D eigenvalue weighted by Crippen LogP contribution is -2.09. The Morgan fingerprint density at radius 3 is 2.94 bits per heavy atom. The number of non-ortho nitro benzene ring substituents is 1. The van der Waals surface area contributed by atoms with Crippen molar-refractivity contribution in [1.82, 2.24) is 0 Å². The molecule has 17 heavy (non-hydrogen) atoms. The summed E-state index contributed by atoms with van der Waals surface area (Å²) in [5.41, 5.74) is 0.194. The second kappa shape index (κ2) is 6.55. The van der Waals surface area contributed by atoms with Crippen molar-refractivity contribution < 1.29 is 14.5 Å². The number of hydrogen-bond acceptors (Lipinski definition) is 4. The maximum absolute atomic E-state index is 11.6. The van der Waals surface area contributed by atoms with E-state index < -0.39 is 4.92 Å². The van der Waals surface area contributed by atoms with Gasteiger partial charge in [-0.05, 0) is 6.42 Å². The Morgan fingerprint density at radius 2 is 2.29 bits per heavy atom. The van der Waals surface area contributed by atoms with Crippen LogP contribution in [0.25, 0.3) is 0 Å². The number of carbonyl (C=O) groups is 1. The van der Waals surface area contributed by atoms with Gasteiger partial charge >= 0.3 is 0 Å². The highest BCUT2D eigenvalue weighted by molar-refractivity contribution is 5.97. The number of Topliss-reactive ketones (excluding diaryl/α,β-unsaturated/α-hetero) is 1. The molecule has 0 N–H and O–H groups in total. The predicted octanol–water partition coefficient (Wildman–Crippen LogP) is 2.37. The highest BCUT2D eigenvalue weighted by Crippen LogP contribution is 2.13. The van der Waals surface area contributed by atoms with E-state index in [4.69, 9.17) is 4.74 Å². The zero-order chi connectivity index (χ0) is 12.7. The van der Waals surface area contributed by atoms with E-state index >= 15 is 0 Å². The van der Waals surface area contributed by atoms with Gasteiger partial charge in [0.15, 0.2) is 5.78 Å². The molecule has 0 amide bonds. The van der Waals surface area contributed by atoms with Gasteiger partial charge in [-0.1, -0.05) is 18.2 Å². The van der Waals surface area contributed by atoms with Gasteiger partial charge in [0.1, 0.15) is 6.61 Å². The Hall–Kier alpha value is -2.01. The summed E-state index contributed by atoms with van der Waals surface area (Å²) in [7, 11) is 0. The lowest BCUT2D eigenvalue weighted by Gasteiger charge is -2.02. The number of nitro groups is 1. The largest absolute Gasteiger partial charge is 0.373 e.